The summed E-state index contributed by atoms with van der Waals surface area (Å²) in [4.78, 5) is 93.0. The third-order valence-electron chi connectivity index (χ3n) is 15.5. The Morgan fingerprint density at radius 3 is 0.922 bits per heavy atom. The summed E-state index contributed by atoms with van der Waals surface area (Å²) < 4.78 is 219. The molecule has 0 saturated heterocycles. The lowest BCUT2D eigenvalue weighted by molar-refractivity contribution is -0.173. The van der Waals surface area contributed by atoms with E-state index < -0.39 is 140 Å². The Balaban J connectivity index is 0.000000256. The maximum absolute atomic E-state index is 14.5. The van der Waals surface area contributed by atoms with Crippen molar-refractivity contribution < 1.29 is 124 Å². The van der Waals surface area contributed by atoms with E-state index in [9.17, 15) is 109 Å². The number of rotatable bonds is 17. The Labute approximate surface area is 678 Å². The maximum atomic E-state index is 14.5. The Kier molecular flexibility index (Phi) is 34.2. The Morgan fingerprint density at radius 2 is 0.647 bits per heavy atom. The highest BCUT2D eigenvalue weighted by molar-refractivity contribution is 14.1. The second kappa shape index (κ2) is 41.9. The van der Waals surface area contributed by atoms with Gasteiger partial charge in [0, 0.05) is 105 Å². The van der Waals surface area contributed by atoms with Gasteiger partial charge in [-0.1, -0.05) is 30.3 Å². The number of aliphatic carboxylic acids is 1. The van der Waals surface area contributed by atoms with E-state index in [1.165, 1.54) is 76.2 Å². The Bertz CT molecular complexity index is 5330. The van der Waals surface area contributed by atoms with Crippen molar-refractivity contribution in [3.05, 3.63) is 320 Å². The fourth-order valence-electron chi connectivity index (χ4n) is 9.31. The summed E-state index contributed by atoms with van der Waals surface area (Å²) in [5.74, 6) is -31.7. The molecule has 0 atom stereocenters. The number of nitrogen functional groups attached to an aromatic ring is 1. The van der Waals surface area contributed by atoms with Crippen LogP contribution in [0.3, 0.4) is 0 Å². The zero-order valence-electron chi connectivity index (χ0n) is 61.6. The molecule has 0 saturated carbocycles. The number of alkyl halides is 6. The molecule has 0 heterocycles. The molecule has 5 amide bonds. The molecule has 0 aliphatic heterocycles. The highest BCUT2D eigenvalue weighted by Gasteiger charge is 2.45. The zero-order valence-corrected chi connectivity index (χ0v) is 65.9. The van der Waals surface area contributed by atoms with E-state index in [1.54, 1.807) is 38.1 Å². The molecule has 0 radical (unpaired) electrons. The largest absolute Gasteiger partial charge is 0.478 e. The minimum absolute atomic E-state index is 0.00761. The second-order valence-corrected chi connectivity index (χ2v) is 27.0. The van der Waals surface area contributed by atoms with E-state index in [-0.39, 0.29) is 74.3 Å². The van der Waals surface area contributed by atoms with Crippen LogP contribution in [0.1, 0.15) is 117 Å². The molecule has 0 aliphatic carbocycles. The van der Waals surface area contributed by atoms with Crippen molar-refractivity contribution in [3.8, 4) is 0 Å². The van der Waals surface area contributed by atoms with Crippen LogP contribution in [0.15, 0.2) is 182 Å². The molecule has 0 spiro atoms. The first-order valence-electron chi connectivity index (χ1n) is 33.3. The number of nitrogens with one attached hydrogen (secondary N) is 5. The van der Waals surface area contributed by atoms with Gasteiger partial charge in [-0.05, 0) is 256 Å². The average molecular weight is 1860 g/mol. The second-order valence-electron chi connectivity index (χ2n) is 24.7. The summed E-state index contributed by atoms with van der Waals surface area (Å²) >= 11 is 4.25. The third-order valence-corrected chi connectivity index (χ3v) is 17.9. The minimum atomic E-state index is -4.16. The van der Waals surface area contributed by atoms with Crippen molar-refractivity contribution in [2.24, 2.45) is 0 Å². The lowest BCUT2D eigenvalue weighted by Gasteiger charge is -2.20. The van der Waals surface area contributed by atoms with Gasteiger partial charge >= 0.3 is 35.7 Å². The van der Waals surface area contributed by atoms with Gasteiger partial charge in [0.2, 0.25) is 0 Å². The number of benzene rings is 10. The van der Waals surface area contributed by atoms with Crippen molar-refractivity contribution in [2.45, 2.75) is 79.2 Å². The lowest BCUT2D eigenvalue weighted by Crippen LogP contribution is -2.42. The van der Waals surface area contributed by atoms with Crippen LogP contribution in [-0.2, 0) is 36.9 Å². The number of carbonyl (C=O) groups excluding carboxylic acids is 6. The molecule has 10 rings (SSSR count). The highest BCUT2D eigenvalue weighted by atomic mass is 127. The van der Waals surface area contributed by atoms with Crippen LogP contribution in [0.2, 0.25) is 0 Å². The van der Waals surface area contributed by atoms with Gasteiger partial charge < -0.3 is 47.3 Å². The smallest absolute Gasteiger partial charge is 0.381 e. The number of amides is 5. The van der Waals surface area contributed by atoms with E-state index in [4.69, 9.17) is 15.9 Å². The normalized spacial score (nSPS) is 10.8. The topological polar surface area (TPSA) is 272 Å². The number of hydrogen-bond acceptors (Lipinski definition) is 10. The number of esters is 1. The molecule has 10 aromatic carbocycles. The summed E-state index contributed by atoms with van der Waals surface area (Å²) in [6, 6.07) is 34.4. The van der Waals surface area contributed by atoms with Crippen LogP contribution < -0.4 is 32.3 Å². The number of carboxylic acids is 2. The van der Waals surface area contributed by atoms with Crippen molar-refractivity contribution in [1.82, 2.24) is 5.32 Å². The SMILES string of the molecule is CCOC(=O)C(F)(F)c1cc(C(=O)Nc2ccc(F)c(F)c2)ccc1C.Cc1ccc(C(=O)Nc2ccc(F)c(F)c2)cc1C(F)(F)C(=O)NC(C)C.Cc1ccc(C(=O)Nc2ccc(F)c(F)c2)cc1C(F)(F)C(=O)O.Cc1ccc(C(=O)Nc2ccc(F)c(F)c2)cc1I.Cc1ccc(C(=O)O)cc1I.Nc1ccc(F)c(F)c1. The van der Waals surface area contributed by atoms with Crippen LogP contribution >= 0.6 is 45.2 Å². The number of nitrogens with two attached hydrogens (primary N) is 1. The molecule has 0 fully saturated rings. The van der Waals surface area contributed by atoms with Gasteiger partial charge in [0.05, 0.1) is 12.2 Å². The molecule has 17 nitrogen and oxygen atoms in total. The first-order chi connectivity index (χ1) is 54.1. The fraction of sp³-hybridized carbons (Fsp3) is 0.160. The summed E-state index contributed by atoms with van der Waals surface area (Å²) in [6.07, 6.45) is 0. The number of ether oxygens (including phenoxy) is 1. The van der Waals surface area contributed by atoms with E-state index in [2.05, 4.69) is 76.5 Å². The predicted molar refractivity (Wildman–Crippen MR) is 416 cm³/mol. The quantitative estimate of drug-likeness (QED) is 0.0183. The number of carboxylic acid groups (broad SMARTS) is 2. The van der Waals surface area contributed by atoms with Gasteiger partial charge in [0.15, 0.2) is 58.2 Å². The van der Waals surface area contributed by atoms with E-state index >= 15 is 0 Å². The Morgan fingerprint density at radius 1 is 0.371 bits per heavy atom. The van der Waals surface area contributed by atoms with Gasteiger partial charge in [-0.3, -0.25) is 24.0 Å². The van der Waals surface area contributed by atoms with Gasteiger partial charge in [-0.25, -0.2) is 58.3 Å². The Hall–Kier alpha value is -11.9. The monoisotopic (exact) mass is 1860 g/mol. The van der Waals surface area contributed by atoms with Crippen LogP contribution in [0, 0.1) is 99.9 Å². The average Bonchev–Trinajstić information content (AvgIpc) is 0.802. The van der Waals surface area contributed by atoms with Gasteiger partial charge in [-0.2, -0.15) is 26.3 Å². The molecular formula is C81H66F16I2N6O11. The molecular weight excluding hydrogens is 1790 g/mol. The summed E-state index contributed by atoms with van der Waals surface area (Å²) in [6.45, 7) is 12.2. The van der Waals surface area contributed by atoms with Crippen molar-refractivity contribution in [3.63, 3.8) is 0 Å². The van der Waals surface area contributed by atoms with Gasteiger partial charge in [0.1, 0.15) is 0 Å². The minimum Gasteiger partial charge on any atom is -0.478 e. The van der Waals surface area contributed by atoms with Crippen LogP contribution in [0.5, 0.6) is 0 Å². The first kappa shape index (κ1) is 94.7. The molecule has 0 bridgehead atoms. The zero-order chi connectivity index (χ0) is 87.2. The molecule has 9 N–H and O–H groups in total. The van der Waals surface area contributed by atoms with Gasteiger partial charge in [-0.15, -0.1) is 0 Å². The van der Waals surface area contributed by atoms with Crippen LogP contribution in [-0.4, -0.2) is 70.3 Å². The van der Waals surface area contributed by atoms with Crippen molar-refractivity contribution in [2.75, 3.05) is 33.6 Å². The summed E-state index contributed by atoms with van der Waals surface area (Å²) in [7, 11) is 0. The van der Waals surface area contributed by atoms with E-state index in [0.717, 1.165) is 115 Å². The number of anilines is 5. The predicted octanol–water partition coefficient (Wildman–Crippen LogP) is 20.0. The van der Waals surface area contributed by atoms with Crippen molar-refractivity contribution >= 4 is 121 Å². The van der Waals surface area contributed by atoms with E-state index in [0.29, 0.717) is 11.1 Å². The van der Waals surface area contributed by atoms with Crippen LogP contribution in [0.4, 0.5) is 98.7 Å². The summed E-state index contributed by atoms with van der Waals surface area (Å²) in [5.41, 5.74) is 5.93. The highest BCUT2D eigenvalue weighted by Crippen LogP contribution is 2.36. The molecule has 0 unspecified atom stereocenters. The van der Waals surface area contributed by atoms with Crippen LogP contribution in [0.25, 0.3) is 0 Å². The number of halogens is 18. The molecule has 0 aromatic heterocycles. The molecule has 612 valence electrons. The molecule has 10 aromatic rings. The number of aryl methyl sites for hydroxylation is 5. The standard InChI is InChI=1S/C19H18F4N2O2.C18H15F4NO3.C16H11F4NO3.C14H10F2INO.C8H7IO2.C6H5F2N/c1-10(2)24-18(27)19(22,23)14-8-12(5-4-11(14)3)17(26)25-13-6-7-15(20)16(21)9-13;1-3-26-17(25)18(21,22)13-8-11(5-4-10(13)2)16(24)23-12-6-7-14(19)15(20)9-12;1-8-2-3-9(6-11(8)16(19,20)15(23)24)14(22)21-10-4-5-12(17)13(18)7-10;1-8-2-3-9(6-13(8)17)14(19)18-10-4-5-11(15)12(16)7-10;1-5-2-3-6(8(10)11)4-7(5)9;7-5-2-1-4(9)3-6(5)8/h4-10H,1-3H3,(H,24,27)(H,25,26);4-9H,3H2,1-2H3,(H,23,24);2-7H,1H3,(H,21,22)(H,23,24);2-7H,1H3,(H,18,19);2-4H,1H3,(H,10,11);1-3H,9H2. The van der Waals surface area contributed by atoms with E-state index in [1.807, 2.05) is 26.0 Å². The third kappa shape index (κ3) is 26.9. The first-order valence-corrected chi connectivity index (χ1v) is 35.5. The number of carbonyl (C=O) groups is 8. The number of aromatic carboxylic acids is 1. The molecule has 116 heavy (non-hydrogen) atoms. The lowest BCUT2D eigenvalue weighted by atomic mass is 9.98. The van der Waals surface area contributed by atoms with Gasteiger partial charge in [0.25, 0.3) is 29.5 Å². The maximum Gasteiger partial charge on any atom is 0.381 e. The molecule has 35 heteroatoms. The number of hydrogen-bond donors (Lipinski definition) is 8. The van der Waals surface area contributed by atoms with Crippen molar-refractivity contribution in [1.29, 1.82) is 0 Å². The summed E-state index contributed by atoms with van der Waals surface area (Å²) in [5, 5.41) is 28.7. The fourth-order valence-corrected chi connectivity index (χ4v) is 10.3. The molecule has 0 aliphatic rings.